The number of aliphatic hydroxyl groups excluding tert-OH is 1. The first-order chi connectivity index (χ1) is 9.16. The van der Waals surface area contributed by atoms with Gasteiger partial charge in [-0.1, -0.05) is 18.2 Å². The van der Waals surface area contributed by atoms with Gasteiger partial charge in [0.2, 0.25) is 0 Å². The molecule has 2 unspecified atom stereocenters. The van der Waals surface area contributed by atoms with E-state index < -0.39 is 6.10 Å². The molecule has 2 nitrogen and oxygen atoms in total. The Hall–Kier alpha value is -1.23. The summed E-state index contributed by atoms with van der Waals surface area (Å²) in [7, 11) is 0. The van der Waals surface area contributed by atoms with Gasteiger partial charge in [-0.3, -0.25) is 0 Å². The lowest BCUT2D eigenvalue weighted by Gasteiger charge is -2.19. The van der Waals surface area contributed by atoms with Gasteiger partial charge < -0.3 is 10.4 Å². The molecule has 2 N–H and O–H groups in total. The molecule has 0 fully saturated rings. The molecule has 19 heavy (non-hydrogen) atoms. The van der Waals surface area contributed by atoms with Gasteiger partial charge in [0.15, 0.2) is 0 Å². The SMILES string of the molecule is CC(NCCc1ccc(F)cc1)C(O)c1cccs1. The normalized spacial score (nSPS) is 14.3. The molecule has 2 atom stereocenters. The number of aliphatic hydroxyl groups is 1. The van der Waals surface area contributed by atoms with Gasteiger partial charge in [0.25, 0.3) is 0 Å². The molecule has 0 aliphatic heterocycles. The van der Waals surface area contributed by atoms with E-state index in [1.807, 2.05) is 24.4 Å². The second-order valence-electron chi connectivity index (χ2n) is 4.58. The van der Waals surface area contributed by atoms with E-state index in [-0.39, 0.29) is 11.9 Å². The van der Waals surface area contributed by atoms with E-state index in [0.717, 1.165) is 23.4 Å². The average Bonchev–Trinajstić information content (AvgIpc) is 2.94. The van der Waals surface area contributed by atoms with E-state index in [1.165, 1.54) is 12.1 Å². The number of benzene rings is 1. The fourth-order valence-corrected chi connectivity index (χ4v) is 2.73. The van der Waals surface area contributed by atoms with Crippen molar-refractivity contribution in [2.75, 3.05) is 6.54 Å². The zero-order valence-electron chi connectivity index (χ0n) is 10.8. The molecule has 4 heteroatoms. The number of nitrogens with one attached hydrogen (secondary N) is 1. The largest absolute Gasteiger partial charge is 0.386 e. The molecule has 1 heterocycles. The van der Waals surface area contributed by atoms with Gasteiger partial charge in [-0.25, -0.2) is 4.39 Å². The van der Waals surface area contributed by atoms with Crippen LogP contribution in [0.4, 0.5) is 4.39 Å². The molecule has 102 valence electrons. The van der Waals surface area contributed by atoms with Gasteiger partial charge in [-0.2, -0.15) is 0 Å². The van der Waals surface area contributed by atoms with E-state index in [1.54, 1.807) is 23.5 Å². The minimum atomic E-state index is -0.479. The minimum absolute atomic E-state index is 0.000835. The zero-order chi connectivity index (χ0) is 13.7. The van der Waals surface area contributed by atoms with Crippen LogP contribution < -0.4 is 5.32 Å². The van der Waals surface area contributed by atoms with Crippen LogP contribution in [-0.2, 0) is 6.42 Å². The Kier molecular flexibility index (Phi) is 5.07. The molecule has 0 saturated carbocycles. The van der Waals surface area contributed by atoms with E-state index in [9.17, 15) is 9.50 Å². The predicted octanol–water partition coefficient (Wildman–Crippen LogP) is 3.14. The third-order valence-electron chi connectivity index (χ3n) is 3.10. The average molecular weight is 279 g/mol. The van der Waals surface area contributed by atoms with Crippen LogP contribution >= 0.6 is 11.3 Å². The molecule has 0 amide bonds. The topological polar surface area (TPSA) is 32.3 Å². The van der Waals surface area contributed by atoms with Crippen molar-refractivity contribution in [2.45, 2.75) is 25.5 Å². The summed E-state index contributed by atoms with van der Waals surface area (Å²) in [6.07, 6.45) is 0.343. The summed E-state index contributed by atoms with van der Waals surface area (Å²) in [6.45, 7) is 2.73. The monoisotopic (exact) mass is 279 g/mol. The predicted molar refractivity (Wildman–Crippen MR) is 76.8 cm³/mol. The van der Waals surface area contributed by atoms with E-state index in [4.69, 9.17) is 0 Å². The van der Waals surface area contributed by atoms with Crippen molar-refractivity contribution in [3.8, 4) is 0 Å². The van der Waals surface area contributed by atoms with Crippen LogP contribution in [0.15, 0.2) is 41.8 Å². The quantitative estimate of drug-likeness (QED) is 0.851. The highest BCUT2D eigenvalue weighted by atomic mass is 32.1. The Bertz CT molecular complexity index is 483. The number of hydrogen-bond acceptors (Lipinski definition) is 3. The lowest BCUT2D eigenvalue weighted by Crippen LogP contribution is -2.33. The van der Waals surface area contributed by atoms with Crippen molar-refractivity contribution in [2.24, 2.45) is 0 Å². The van der Waals surface area contributed by atoms with E-state index in [2.05, 4.69) is 5.32 Å². The Morgan fingerprint density at radius 1 is 1.26 bits per heavy atom. The third kappa shape index (κ3) is 4.13. The summed E-state index contributed by atoms with van der Waals surface area (Å²) in [5.41, 5.74) is 1.09. The second-order valence-corrected chi connectivity index (χ2v) is 5.56. The summed E-state index contributed by atoms with van der Waals surface area (Å²) in [6, 6.07) is 10.4. The summed E-state index contributed by atoms with van der Waals surface area (Å²) in [5, 5.41) is 15.4. The van der Waals surface area contributed by atoms with Crippen LogP contribution in [0.2, 0.25) is 0 Å². The highest BCUT2D eigenvalue weighted by Gasteiger charge is 2.16. The van der Waals surface area contributed by atoms with Crippen LogP contribution in [0.1, 0.15) is 23.5 Å². The standard InChI is InChI=1S/C15H18FNOS/c1-11(15(18)14-3-2-10-19-14)17-9-8-12-4-6-13(16)7-5-12/h2-7,10-11,15,17-18H,8-9H2,1H3. The summed E-state index contributed by atoms with van der Waals surface area (Å²) >= 11 is 1.56. The van der Waals surface area contributed by atoms with Crippen molar-refractivity contribution in [1.82, 2.24) is 5.32 Å². The first-order valence-electron chi connectivity index (χ1n) is 6.36. The zero-order valence-corrected chi connectivity index (χ0v) is 11.7. The van der Waals surface area contributed by atoms with Crippen molar-refractivity contribution in [3.05, 3.63) is 58.0 Å². The molecule has 0 saturated heterocycles. The molecule has 1 aromatic carbocycles. The van der Waals surface area contributed by atoms with Gasteiger partial charge >= 0.3 is 0 Å². The van der Waals surface area contributed by atoms with Crippen LogP contribution in [-0.4, -0.2) is 17.7 Å². The number of thiophene rings is 1. The highest BCUT2D eigenvalue weighted by Crippen LogP contribution is 2.21. The fraction of sp³-hybridized carbons (Fsp3) is 0.333. The smallest absolute Gasteiger partial charge is 0.123 e. The fourth-order valence-electron chi connectivity index (χ4n) is 1.91. The molecular weight excluding hydrogens is 261 g/mol. The number of hydrogen-bond donors (Lipinski definition) is 2. The second kappa shape index (κ2) is 6.80. The first kappa shape index (κ1) is 14.2. The summed E-state index contributed by atoms with van der Waals surface area (Å²) in [5.74, 6) is -0.210. The Morgan fingerprint density at radius 2 is 2.00 bits per heavy atom. The van der Waals surface area contributed by atoms with Gasteiger partial charge in [0.05, 0.1) is 0 Å². The molecule has 1 aromatic heterocycles. The summed E-state index contributed by atoms with van der Waals surface area (Å²) in [4.78, 5) is 0.974. The third-order valence-corrected chi connectivity index (χ3v) is 4.04. The van der Waals surface area contributed by atoms with Gasteiger partial charge in [-0.05, 0) is 49.0 Å². The Morgan fingerprint density at radius 3 is 2.63 bits per heavy atom. The molecule has 0 spiro atoms. The molecule has 0 bridgehead atoms. The molecule has 0 aliphatic carbocycles. The molecule has 2 rings (SSSR count). The number of rotatable bonds is 6. The van der Waals surface area contributed by atoms with Gasteiger partial charge in [0.1, 0.15) is 11.9 Å². The maximum Gasteiger partial charge on any atom is 0.123 e. The Labute approximate surface area is 116 Å². The van der Waals surface area contributed by atoms with E-state index >= 15 is 0 Å². The van der Waals surface area contributed by atoms with Crippen LogP contribution in [0.3, 0.4) is 0 Å². The Balaban J connectivity index is 1.77. The van der Waals surface area contributed by atoms with Crippen molar-refractivity contribution in [3.63, 3.8) is 0 Å². The van der Waals surface area contributed by atoms with Crippen LogP contribution in [0.5, 0.6) is 0 Å². The maximum absolute atomic E-state index is 12.8. The van der Waals surface area contributed by atoms with Crippen molar-refractivity contribution < 1.29 is 9.50 Å². The van der Waals surface area contributed by atoms with Crippen molar-refractivity contribution in [1.29, 1.82) is 0 Å². The molecular formula is C15H18FNOS. The number of halogens is 1. The van der Waals surface area contributed by atoms with Gasteiger partial charge in [0, 0.05) is 10.9 Å². The summed E-state index contributed by atoms with van der Waals surface area (Å²) < 4.78 is 12.8. The van der Waals surface area contributed by atoms with Crippen molar-refractivity contribution >= 4 is 11.3 Å². The highest BCUT2D eigenvalue weighted by molar-refractivity contribution is 7.10. The van der Waals surface area contributed by atoms with Gasteiger partial charge in [-0.15, -0.1) is 11.3 Å². The first-order valence-corrected chi connectivity index (χ1v) is 7.24. The lowest BCUT2D eigenvalue weighted by molar-refractivity contribution is 0.140. The van der Waals surface area contributed by atoms with Crippen LogP contribution in [0, 0.1) is 5.82 Å². The molecule has 0 radical (unpaired) electrons. The lowest BCUT2D eigenvalue weighted by atomic mass is 10.1. The van der Waals surface area contributed by atoms with E-state index in [0.29, 0.717) is 0 Å². The minimum Gasteiger partial charge on any atom is -0.386 e. The molecule has 2 aromatic rings. The molecule has 0 aliphatic rings. The van der Waals surface area contributed by atoms with Crippen LogP contribution in [0.25, 0.3) is 0 Å². The maximum atomic E-state index is 12.8.